The summed E-state index contributed by atoms with van der Waals surface area (Å²) >= 11 is 0. The van der Waals surface area contributed by atoms with Gasteiger partial charge in [0.25, 0.3) is 0 Å². The van der Waals surface area contributed by atoms with E-state index in [1.807, 2.05) is 12.1 Å². The summed E-state index contributed by atoms with van der Waals surface area (Å²) in [6, 6.07) is 12.5. The summed E-state index contributed by atoms with van der Waals surface area (Å²) in [7, 11) is 0. The van der Waals surface area contributed by atoms with Crippen molar-refractivity contribution in [2.45, 2.75) is 13.0 Å². The molecule has 0 atom stereocenters. The normalized spacial score (nSPS) is 16.5. The number of ether oxygens (including phenoxy) is 2. The van der Waals surface area contributed by atoms with Crippen LogP contribution in [0.25, 0.3) is 0 Å². The van der Waals surface area contributed by atoms with E-state index in [2.05, 4.69) is 29.2 Å². The van der Waals surface area contributed by atoms with Gasteiger partial charge in [-0.1, -0.05) is 24.3 Å². The van der Waals surface area contributed by atoms with Crippen molar-refractivity contribution in [3.05, 3.63) is 47.5 Å². The molecule has 4 rings (SSSR count). The first kappa shape index (κ1) is 12.4. The molecule has 0 saturated carbocycles. The standard InChI is InChI=1S/C17H18N2O2/c18-14-9-16-17(21-8-7-20-16)10-15(14)19-6-5-12-3-1-2-4-13(12)11-19/h1-4,9-10H,5-8,11,18H2. The molecule has 0 spiro atoms. The van der Waals surface area contributed by atoms with Crippen molar-refractivity contribution in [2.24, 2.45) is 0 Å². The van der Waals surface area contributed by atoms with Gasteiger partial charge in [0.1, 0.15) is 13.2 Å². The van der Waals surface area contributed by atoms with Crippen LogP contribution in [0.5, 0.6) is 11.5 Å². The Kier molecular flexibility index (Phi) is 2.88. The number of rotatable bonds is 1. The summed E-state index contributed by atoms with van der Waals surface area (Å²) in [5, 5.41) is 0. The van der Waals surface area contributed by atoms with Crippen LogP contribution < -0.4 is 20.1 Å². The van der Waals surface area contributed by atoms with Crippen LogP contribution in [0.2, 0.25) is 0 Å². The van der Waals surface area contributed by atoms with Gasteiger partial charge in [-0.25, -0.2) is 0 Å². The minimum atomic E-state index is 0.586. The van der Waals surface area contributed by atoms with E-state index >= 15 is 0 Å². The van der Waals surface area contributed by atoms with E-state index in [-0.39, 0.29) is 0 Å². The van der Waals surface area contributed by atoms with Crippen LogP contribution >= 0.6 is 0 Å². The minimum Gasteiger partial charge on any atom is -0.486 e. The van der Waals surface area contributed by atoms with E-state index in [0.29, 0.717) is 13.2 Å². The molecule has 0 unspecified atom stereocenters. The zero-order valence-corrected chi connectivity index (χ0v) is 11.8. The van der Waals surface area contributed by atoms with Gasteiger partial charge in [-0.3, -0.25) is 0 Å². The van der Waals surface area contributed by atoms with Gasteiger partial charge in [0.2, 0.25) is 0 Å². The Bertz CT molecular complexity index is 684. The Labute approximate surface area is 124 Å². The summed E-state index contributed by atoms with van der Waals surface area (Å²) in [4.78, 5) is 2.32. The van der Waals surface area contributed by atoms with Crippen molar-refractivity contribution in [3.63, 3.8) is 0 Å². The van der Waals surface area contributed by atoms with Crippen LogP contribution in [0, 0.1) is 0 Å². The lowest BCUT2D eigenvalue weighted by molar-refractivity contribution is 0.172. The SMILES string of the molecule is Nc1cc2c(cc1N1CCc3ccccc3C1)OCCO2. The van der Waals surface area contributed by atoms with Gasteiger partial charge >= 0.3 is 0 Å². The van der Waals surface area contributed by atoms with Gasteiger partial charge in [0, 0.05) is 25.2 Å². The number of benzene rings is 2. The Morgan fingerprint density at radius 1 is 0.952 bits per heavy atom. The fraction of sp³-hybridized carbons (Fsp3) is 0.294. The highest BCUT2D eigenvalue weighted by atomic mass is 16.6. The first-order valence-corrected chi connectivity index (χ1v) is 7.32. The van der Waals surface area contributed by atoms with Crippen molar-refractivity contribution in [1.82, 2.24) is 0 Å². The summed E-state index contributed by atoms with van der Waals surface area (Å²) < 4.78 is 11.3. The fourth-order valence-corrected chi connectivity index (χ4v) is 3.07. The first-order chi connectivity index (χ1) is 10.3. The predicted octanol–water partition coefficient (Wildman–Crippen LogP) is 2.60. The number of hydrogen-bond acceptors (Lipinski definition) is 4. The molecule has 0 saturated heterocycles. The minimum absolute atomic E-state index is 0.586. The summed E-state index contributed by atoms with van der Waals surface area (Å²) in [6.07, 6.45) is 1.05. The largest absolute Gasteiger partial charge is 0.486 e. The Morgan fingerprint density at radius 2 is 1.67 bits per heavy atom. The van der Waals surface area contributed by atoms with E-state index in [1.165, 1.54) is 11.1 Å². The average molecular weight is 282 g/mol. The molecule has 0 aromatic heterocycles. The van der Waals surface area contributed by atoms with Gasteiger partial charge < -0.3 is 20.1 Å². The number of hydrogen-bond donors (Lipinski definition) is 1. The highest BCUT2D eigenvalue weighted by Crippen LogP contribution is 2.39. The second-order valence-electron chi connectivity index (χ2n) is 5.49. The molecule has 2 aliphatic heterocycles. The third-order valence-corrected chi connectivity index (χ3v) is 4.16. The molecule has 2 aromatic rings. The zero-order valence-electron chi connectivity index (χ0n) is 11.8. The molecule has 21 heavy (non-hydrogen) atoms. The molecule has 0 bridgehead atoms. The van der Waals surface area contributed by atoms with Gasteiger partial charge in [-0.2, -0.15) is 0 Å². The maximum atomic E-state index is 6.22. The quantitative estimate of drug-likeness (QED) is 0.817. The van der Waals surface area contributed by atoms with E-state index < -0.39 is 0 Å². The smallest absolute Gasteiger partial charge is 0.163 e. The Hall–Kier alpha value is -2.36. The first-order valence-electron chi connectivity index (χ1n) is 7.32. The molecular formula is C17H18N2O2. The lowest BCUT2D eigenvalue weighted by Gasteiger charge is -2.32. The van der Waals surface area contributed by atoms with Crippen LogP contribution in [0.4, 0.5) is 11.4 Å². The summed E-state index contributed by atoms with van der Waals surface area (Å²) in [6.45, 7) is 3.04. The maximum absolute atomic E-state index is 6.22. The molecule has 0 radical (unpaired) electrons. The molecule has 0 amide bonds. The second-order valence-corrected chi connectivity index (χ2v) is 5.49. The maximum Gasteiger partial charge on any atom is 0.163 e. The van der Waals surface area contributed by atoms with Crippen LogP contribution in [-0.2, 0) is 13.0 Å². The molecule has 0 fully saturated rings. The van der Waals surface area contributed by atoms with Crippen molar-refractivity contribution in [2.75, 3.05) is 30.4 Å². The van der Waals surface area contributed by atoms with Crippen LogP contribution in [0.3, 0.4) is 0 Å². The second kappa shape index (κ2) is 4.88. The average Bonchev–Trinajstić information content (AvgIpc) is 2.54. The molecule has 2 heterocycles. The molecule has 0 aliphatic carbocycles. The number of nitrogens with two attached hydrogens (primary N) is 1. The Balaban J connectivity index is 1.68. The third kappa shape index (κ3) is 2.17. The fourth-order valence-electron chi connectivity index (χ4n) is 3.07. The molecular weight excluding hydrogens is 264 g/mol. The van der Waals surface area contributed by atoms with Crippen molar-refractivity contribution in [1.29, 1.82) is 0 Å². The van der Waals surface area contributed by atoms with E-state index in [1.54, 1.807) is 0 Å². The molecule has 2 aromatic carbocycles. The Morgan fingerprint density at radius 3 is 2.48 bits per heavy atom. The van der Waals surface area contributed by atoms with Crippen LogP contribution in [0.15, 0.2) is 36.4 Å². The van der Waals surface area contributed by atoms with E-state index in [4.69, 9.17) is 15.2 Å². The zero-order chi connectivity index (χ0) is 14.2. The van der Waals surface area contributed by atoms with E-state index in [9.17, 15) is 0 Å². The lowest BCUT2D eigenvalue weighted by Crippen LogP contribution is -2.31. The van der Waals surface area contributed by atoms with E-state index in [0.717, 1.165) is 42.4 Å². The summed E-state index contributed by atoms with van der Waals surface area (Å²) in [5.41, 5.74) is 10.8. The lowest BCUT2D eigenvalue weighted by atomic mass is 9.99. The molecule has 4 heteroatoms. The number of nitrogens with zero attached hydrogens (tertiary/aromatic N) is 1. The van der Waals surface area contributed by atoms with Crippen LogP contribution in [0.1, 0.15) is 11.1 Å². The summed E-state index contributed by atoms with van der Waals surface area (Å²) in [5.74, 6) is 1.55. The van der Waals surface area contributed by atoms with Crippen LogP contribution in [-0.4, -0.2) is 19.8 Å². The van der Waals surface area contributed by atoms with Gasteiger partial charge in [-0.15, -0.1) is 0 Å². The highest BCUT2D eigenvalue weighted by molar-refractivity contribution is 5.73. The van der Waals surface area contributed by atoms with Gasteiger partial charge in [-0.05, 0) is 17.5 Å². The number of nitrogen functional groups attached to an aromatic ring is 1. The number of anilines is 2. The number of fused-ring (bicyclic) bond motifs is 2. The molecule has 2 N–H and O–H groups in total. The molecule has 4 nitrogen and oxygen atoms in total. The predicted molar refractivity (Wildman–Crippen MR) is 83.0 cm³/mol. The van der Waals surface area contributed by atoms with Gasteiger partial charge in [0.15, 0.2) is 11.5 Å². The monoisotopic (exact) mass is 282 g/mol. The molecule has 108 valence electrons. The van der Waals surface area contributed by atoms with Crippen molar-refractivity contribution >= 4 is 11.4 Å². The molecule has 2 aliphatic rings. The topological polar surface area (TPSA) is 47.7 Å². The third-order valence-electron chi connectivity index (χ3n) is 4.16. The highest BCUT2D eigenvalue weighted by Gasteiger charge is 2.21. The van der Waals surface area contributed by atoms with Crippen molar-refractivity contribution in [3.8, 4) is 11.5 Å². The van der Waals surface area contributed by atoms with Crippen molar-refractivity contribution < 1.29 is 9.47 Å². The van der Waals surface area contributed by atoms with Gasteiger partial charge in [0.05, 0.1) is 11.4 Å².